The Morgan fingerprint density at radius 3 is 2.44 bits per heavy atom. The lowest BCUT2D eigenvalue weighted by Gasteiger charge is -2.21. The van der Waals surface area contributed by atoms with E-state index in [1.165, 1.54) is 29.2 Å². The second kappa shape index (κ2) is 8.34. The van der Waals surface area contributed by atoms with Crippen LogP contribution in [-0.4, -0.2) is 48.0 Å². The smallest absolute Gasteiger partial charge is 0.377 e. The van der Waals surface area contributed by atoms with Crippen molar-refractivity contribution in [3.8, 4) is 0 Å². The number of fused-ring (bicyclic) bond motifs is 1. The van der Waals surface area contributed by atoms with Gasteiger partial charge in [0.05, 0.1) is 11.2 Å². The number of aromatic nitrogens is 1. The van der Waals surface area contributed by atoms with Gasteiger partial charge in [-0.05, 0) is 59.8 Å². The zero-order valence-electron chi connectivity index (χ0n) is 17.3. The third kappa shape index (κ3) is 4.36. The molecule has 32 heavy (non-hydrogen) atoms. The number of amides is 3. The molecule has 2 heterocycles. The third-order valence-electron chi connectivity index (χ3n) is 5.04. The summed E-state index contributed by atoms with van der Waals surface area (Å²) in [7, 11) is 3.83. The second-order valence-electron chi connectivity index (χ2n) is 7.45. The first-order valence-corrected chi connectivity index (χ1v) is 10.5. The molecule has 0 aliphatic carbocycles. The number of imide groups is 1. The molecule has 10 heteroatoms. The Bertz CT molecular complexity index is 1180. The van der Waals surface area contributed by atoms with Gasteiger partial charge >= 0.3 is 11.5 Å². The summed E-state index contributed by atoms with van der Waals surface area (Å²) in [5.41, 5.74) is -1.60. The SMILES string of the molecule is CN(C)c1cccc2nccc(CN3CC(=O)N(c4ccc(SC(F)(F)F)cc4)C3=O)c12. The van der Waals surface area contributed by atoms with Crippen molar-refractivity contribution in [2.75, 3.05) is 30.4 Å². The fourth-order valence-corrected chi connectivity index (χ4v) is 4.23. The fraction of sp³-hybridized carbons (Fsp3) is 0.227. The summed E-state index contributed by atoms with van der Waals surface area (Å²) in [5, 5.41) is 0.896. The van der Waals surface area contributed by atoms with Crippen LogP contribution in [-0.2, 0) is 11.3 Å². The molecule has 0 N–H and O–H groups in total. The highest BCUT2D eigenvalue weighted by molar-refractivity contribution is 8.00. The molecule has 6 nitrogen and oxygen atoms in total. The van der Waals surface area contributed by atoms with Gasteiger partial charge in [-0.2, -0.15) is 13.2 Å². The minimum absolute atomic E-state index is 0.0170. The lowest BCUT2D eigenvalue weighted by atomic mass is 10.1. The topological polar surface area (TPSA) is 56.8 Å². The van der Waals surface area contributed by atoms with E-state index in [9.17, 15) is 22.8 Å². The Morgan fingerprint density at radius 1 is 1.06 bits per heavy atom. The Kier molecular flexibility index (Phi) is 5.72. The highest BCUT2D eigenvalue weighted by atomic mass is 32.2. The Balaban J connectivity index is 1.59. The number of halogens is 3. The van der Waals surface area contributed by atoms with Crippen LogP contribution >= 0.6 is 11.8 Å². The molecule has 1 aliphatic heterocycles. The van der Waals surface area contributed by atoms with Gasteiger partial charge in [-0.1, -0.05) is 6.07 Å². The lowest BCUT2D eigenvalue weighted by Crippen LogP contribution is -2.32. The molecule has 4 rings (SSSR count). The number of hydrogen-bond acceptors (Lipinski definition) is 5. The average molecular weight is 460 g/mol. The number of hydrogen-bond donors (Lipinski definition) is 0. The molecule has 0 radical (unpaired) electrons. The van der Waals surface area contributed by atoms with Crippen molar-refractivity contribution in [1.29, 1.82) is 0 Å². The van der Waals surface area contributed by atoms with Gasteiger partial charge < -0.3 is 9.80 Å². The van der Waals surface area contributed by atoms with Gasteiger partial charge in [-0.3, -0.25) is 9.78 Å². The van der Waals surface area contributed by atoms with Gasteiger partial charge in [0, 0.05) is 42.8 Å². The quantitative estimate of drug-likeness (QED) is 0.401. The maximum atomic E-state index is 13.0. The molecule has 0 saturated carbocycles. The molecule has 3 aromatic rings. The number of carbonyl (C=O) groups is 2. The maximum absolute atomic E-state index is 13.0. The molecular weight excluding hydrogens is 441 g/mol. The van der Waals surface area contributed by atoms with Crippen LogP contribution in [0.3, 0.4) is 0 Å². The van der Waals surface area contributed by atoms with Crippen LogP contribution in [0.2, 0.25) is 0 Å². The van der Waals surface area contributed by atoms with E-state index in [0.29, 0.717) is 0 Å². The summed E-state index contributed by atoms with van der Waals surface area (Å²) in [4.78, 5) is 34.4. The Hall–Kier alpha value is -3.27. The summed E-state index contributed by atoms with van der Waals surface area (Å²) in [6, 6.07) is 12.2. The zero-order valence-corrected chi connectivity index (χ0v) is 18.1. The fourth-order valence-electron chi connectivity index (χ4n) is 3.69. The largest absolute Gasteiger partial charge is 0.446 e. The van der Waals surface area contributed by atoms with Crippen LogP contribution in [0, 0.1) is 0 Å². The normalized spacial score (nSPS) is 14.5. The monoisotopic (exact) mass is 460 g/mol. The second-order valence-corrected chi connectivity index (χ2v) is 8.58. The highest BCUT2D eigenvalue weighted by Crippen LogP contribution is 2.37. The van der Waals surface area contributed by atoms with Crippen molar-refractivity contribution in [1.82, 2.24) is 9.88 Å². The highest BCUT2D eigenvalue weighted by Gasteiger charge is 2.37. The molecule has 0 bridgehead atoms. The van der Waals surface area contributed by atoms with E-state index < -0.39 is 17.4 Å². The standard InChI is InChI=1S/C22H19F3N4O2S/c1-27(2)18-5-3-4-17-20(18)14(10-11-26-17)12-28-13-19(30)29(21(28)31)15-6-8-16(9-7-15)32-22(23,24)25/h3-11H,12-13H2,1-2H3. The van der Waals surface area contributed by atoms with E-state index in [2.05, 4.69) is 4.98 Å². The van der Waals surface area contributed by atoms with Crippen LogP contribution in [0.15, 0.2) is 59.6 Å². The molecule has 1 aromatic heterocycles. The van der Waals surface area contributed by atoms with Gasteiger partial charge in [0.1, 0.15) is 6.54 Å². The first kappa shape index (κ1) is 21.9. The van der Waals surface area contributed by atoms with Crippen LogP contribution in [0.5, 0.6) is 0 Å². The Morgan fingerprint density at radius 2 is 1.78 bits per heavy atom. The number of alkyl halides is 3. The molecule has 0 atom stereocenters. The molecule has 166 valence electrons. The lowest BCUT2D eigenvalue weighted by molar-refractivity contribution is -0.116. The number of pyridine rings is 1. The van der Waals surface area contributed by atoms with Crippen molar-refractivity contribution in [2.24, 2.45) is 0 Å². The summed E-state index contributed by atoms with van der Waals surface area (Å²) < 4.78 is 37.6. The van der Waals surface area contributed by atoms with Gasteiger partial charge in [0.2, 0.25) is 0 Å². The van der Waals surface area contributed by atoms with E-state index in [0.717, 1.165) is 27.1 Å². The number of benzene rings is 2. The number of carbonyl (C=O) groups excluding carboxylic acids is 2. The van der Waals surface area contributed by atoms with Crippen molar-refractivity contribution in [3.05, 3.63) is 60.3 Å². The molecule has 0 spiro atoms. The number of urea groups is 1. The first-order chi connectivity index (χ1) is 15.1. The predicted molar refractivity (Wildman–Crippen MR) is 118 cm³/mol. The maximum Gasteiger partial charge on any atom is 0.446 e. The van der Waals surface area contributed by atoms with Crippen LogP contribution in [0.25, 0.3) is 10.9 Å². The molecule has 1 saturated heterocycles. The third-order valence-corrected chi connectivity index (χ3v) is 5.78. The Labute approximate surface area is 186 Å². The molecule has 3 amide bonds. The summed E-state index contributed by atoms with van der Waals surface area (Å²) in [6.07, 6.45) is 1.66. The van der Waals surface area contributed by atoms with Crippen molar-refractivity contribution < 1.29 is 22.8 Å². The van der Waals surface area contributed by atoms with Gasteiger partial charge in [0.15, 0.2) is 0 Å². The van der Waals surface area contributed by atoms with Crippen molar-refractivity contribution in [3.63, 3.8) is 0 Å². The van der Waals surface area contributed by atoms with E-state index in [-0.39, 0.29) is 35.4 Å². The first-order valence-electron chi connectivity index (χ1n) is 9.65. The molecule has 1 fully saturated rings. The average Bonchev–Trinajstić information content (AvgIpc) is 3.00. The van der Waals surface area contributed by atoms with E-state index in [1.807, 2.05) is 43.3 Å². The summed E-state index contributed by atoms with van der Waals surface area (Å²) >= 11 is -0.248. The minimum Gasteiger partial charge on any atom is -0.377 e. The zero-order chi connectivity index (χ0) is 23.0. The number of thioether (sulfide) groups is 1. The molecular formula is C22H19F3N4O2S. The van der Waals surface area contributed by atoms with Gasteiger partial charge in [0.25, 0.3) is 5.91 Å². The van der Waals surface area contributed by atoms with E-state index in [4.69, 9.17) is 0 Å². The minimum atomic E-state index is -4.41. The van der Waals surface area contributed by atoms with Crippen molar-refractivity contribution in [2.45, 2.75) is 16.9 Å². The summed E-state index contributed by atoms with van der Waals surface area (Å²) in [5.74, 6) is -0.433. The van der Waals surface area contributed by atoms with Crippen LogP contribution in [0.1, 0.15) is 5.56 Å². The van der Waals surface area contributed by atoms with E-state index in [1.54, 1.807) is 6.20 Å². The summed E-state index contributed by atoms with van der Waals surface area (Å²) in [6.45, 7) is 0.0821. The molecule has 0 unspecified atom stereocenters. The number of rotatable bonds is 5. The number of nitrogens with zero attached hydrogens (tertiary/aromatic N) is 4. The predicted octanol–water partition coefficient (Wildman–Crippen LogP) is 4.88. The van der Waals surface area contributed by atoms with Crippen LogP contribution in [0.4, 0.5) is 29.3 Å². The van der Waals surface area contributed by atoms with Crippen molar-refractivity contribution >= 4 is 46.0 Å². The van der Waals surface area contributed by atoms with E-state index >= 15 is 0 Å². The molecule has 2 aromatic carbocycles. The van der Waals surface area contributed by atoms with Crippen LogP contribution < -0.4 is 9.80 Å². The number of anilines is 2. The van der Waals surface area contributed by atoms with Gasteiger partial charge in [-0.15, -0.1) is 0 Å². The van der Waals surface area contributed by atoms with Gasteiger partial charge in [-0.25, -0.2) is 9.69 Å². The molecule has 1 aliphatic rings.